The quantitative estimate of drug-likeness (QED) is 0.334. The molecule has 0 heterocycles. The number of hydrogen-bond donors (Lipinski definition) is 2. The van der Waals surface area contributed by atoms with Gasteiger partial charge in [0.2, 0.25) is 6.41 Å². The third-order valence-electron chi connectivity index (χ3n) is 2.94. The van der Waals surface area contributed by atoms with Gasteiger partial charge in [0, 0.05) is 25.1 Å². The van der Waals surface area contributed by atoms with Gasteiger partial charge >= 0.3 is 0 Å². The van der Waals surface area contributed by atoms with Crippen molar-refractivity contribution < 1.29 is 19.0 Å². The van der Waals surface area contributed by atoms with Crippen LogP contribution < -0.4 is 11.1 Å². The van der Waals surface area contributed by atoms with E-state index in [2.05, 4.69) is 55.3 Å². The molecule has 146 valence electrons. The zero-order valence-corrected chi connectivity index (χ0v) is 16.0. The minimum Gasteiger partial charge on any atom is -0.378 e. The number of carbonyl (C=O) groups excluding carboxylic acids is 1. The average molecular weight is 364 g/mol. The van der Waals surface area contributed by atoms with Gasteiger partial charge in [-0.3, -0.25) is 4.79 Å². The monoisotopic (exact) mass is 364 g/mol. The Bertz CT molecular complexity index is 495. The molecule has 3 N–H and O–H groups in total. The van der Waals surface area contributed by atoms with Crippen LogP contribution >= 0.6 is 0 Å². The molecule has 0 aliphatic heterocycles. The van der Waals surface area contributed by atoms with Gasteiger partial charge in [0.15, 0.2) is 0 Å². The maximum Gasteiger partial charge on any atom is 0.207 e. The number of rotatable bonds is 12. The number of aryl methyl sites for hydroxylation is 1. The Hall–Kier alpha value is -1.91. The third-order valence-corrected chi connectivity index (χ3v) is 2.94. The maximum atomic E-state index is 9.85. The first kappa shape index (κ1) is 24.1. The number of ether oxygens (including phenoxy) is 3. The summed E-state index contributed by atoms with van der Waals surface area (Å²) in [4.78, 5) is 9.85. The van der Waals surface area contributed by atoms with Crippen molar-refractivity contribution in [2.45, 2.75) is 20.3 Å². The number of benzene rings is 1. The lowest BCUT2D eigenvalue weighted by molar-refractivity contribution is -0.109. The minimum atomic E-state index is 0.506. The average Bonchev–Trinajstić information content (AvgIpc) is 2.66. The highest BCUT2D eigenvalue weighted by Crippen LogP contribution is 2.00. The van der Waals surface area contributed by atoms with Crippen LogP contribution in [0.1, 0.15) is 24.5 Å². The van der Waals surface area contributed by atoms with E-state index in [4.69, 9.17) is 19.9 Å². The van der Waals surface area contributed by atoms with Crippen molar-refractivity contribution in [3.63, 3.8) is 0 Å². The van der Waals surface area contributed by atoms with E-state index < -0.39 is 0 Å². The molecule has 0 radical (unpaired) electrons. The Morgan fingerprint density at radius 2 is 1.58 bits per heavy atom. The lowest BCUT2D eigenvalue weighted by Crippen LogP contribution is -2.19. The number of amides is 1. The second-order valence-corrected chi connectivity index (χ2v) is 5.22. The Morgan fingerprint density at radius 1 is 1.00 bits per heavy atom. The van der Waals surface area contributed by atoms with Crippen LogP contribution in [0, 0.1) is 18.8 Å². The number of nitrogens with two attached hydrogens (primary N) is 1. The number of nitrogens with one attached hydrogen (secondary N) is 1. The van der Waals surface area contributed by atoms with E-state index in [9.17, 15) is 4.79 Å². The van der Waals surface area contributed by atoms with Gasteiger partial charge in [0.25, 0.3) is 0 Å². The molecular formula is C20H32N2O4. The van der Waals surface area contributed by atoms with Crippen molar-refractivity contribution in [1.82, 2.24) is 5.32 Å². The fourth-order valence-corrected chi connectivity index (χ4v) is 1.64. The summed E-state index contributed by atoms with van der Waals surface area (Å²) in [6, 6.07) is 8.27. The first-order chi connectivity index (χ1) is 12.7. The molecule has 0 aliphatic rings. The minimum absolute atomic E-state index is 0.506. The second-order valence-electron chi connectivity index (χ2n) is 5.22. The van der Waals surface area contributed by atoms with E-state index in [-0.39, 0.29) is 0 Å². The third kappa shape index (κ3) is 16.9. The molecule has 26 heavy (non-hydrogen) atoms. The van der Waals surface area contributed by atoms with E-state index in [1.165, 1.54) is 5.56 Å². The van der Waals surface area contributed by atoms with Gasteiger partial charge in [-0.1, -0.05) is 36.5 Å². The lowest BCUT2D eigenvalue weighted by Gasteiger charge is -2.05. The van der Waals surface area contributed by atoms with Crippen LogP contribution in [0.3, 0.4) is 0 Å². The summed E-state index contributed by atoms with van der Waals surface area (Å²) in [5.41, 5.74) is 7.63. The summed E-state index contributed by atoms with van der Waals surface area (Å²) in [5.74, 6) is 6.11. The maximum absolute atomic E-state index is 9.85. The molecule has 1 amide bonds. The fourth-order valence-electron chi connectivity index (χ4n) is 1.64. The van der Waals surface area contributed by atoms with E-state index in [1.807, 2.05) is 0 Å². The van der Waals surface area contributed by atoms with Crippen LogP contribution in [-0.2, 0) is 19.0 Å². The predicted molar refractivity (Wildman–Crippen MR) is 104 cm³/mol. The second kappa shape index (κ2) is 19.4. The Morgan fingerprint density at radius 3 is 2.12 bits per heavy atom. The van der Waals surface area contributed by atoms with E-state index in [0.717, 1.165) is 12.0 Å². The molecule has 0 aromatic heterocycles. The van der Waals surface area contributed by atoms with Crippen LogP contribution in [0.5, 0.6) is 0 Å². The van der Waals surface area contributed by atoms with Crippen molar-refractivity contribution in [2.75, 3.05) is 52.7 Å². The van der Waals surface area contributed by atoms with Gasteiger partial charge in [-0.2, -0.15) is 0 Å². The Balaban J connectivity index is 0.000000502. The molecule has 0 bridgehead atoms. The van der Waals surface area contributed by atoms with E-state index in [1.54, 1.807) is 0 Å². The van der Waals surface area contributed by atoms with Gasteiger partial charge < -0.3 is 25.3 Å². The summed E-state index contributed by atoms with van der Waals surface area (Å²) in [7, 11) is 0. The van der Waals surface area contributed by atoms with Gasteiger partial charge in [0.1, 0.15) is 0 Å². The fraction of sp³-hybridized carbons (Fsp3) is 0.550. The molecule has 0 saturated heterocycles. The van der Waals surface area contributed by atoms with Crippen molar-refractivity contribution >= 4 is 6.41 Å². The molecule has 1 aromatic rings. The number of carbonyl (C=O) groups is 1. The summed E-state index contributed by atoms with van der Waals surface area (Å²) in [5, 5.41) is 2.50. The van der Waals surface area contributed by atoms with Gasteiger partial charge in [-0.15, -0.1) is 0 Å². The van der Waals surface area contributed by atoms with Crippen molar-refractivity contribution in [3.8, 4) is 11.8 Å². The Kier molecular flexibility index (Phi) is 18.0. The van der Waals surface area contributed by atoms with Crippen molar-refractivity contribution in [1.29, 1.82) is 0 Å². The standard InChI is InChI=1S/C11H12.C9H20N2O4/c1-3-4-5-11-8-6-10(2)7-9-11;10-1-3-13-5-7-15-8-6-14-4-2-11-9-12/h6-9H,3H2,1-2H3;9H,1-8,10H2,(H,11,12). The van der Waals surface area contributed by atoms with Gasteiger partial charge in [-0.05, 0) is 19.1 Å². The molecule has 0 saturated carbocycles. The zero-order chi connectivity index (χ0) is 19.3. The molecule has 0 spiro atoms. The van der Waals surface area contributed by atoms with Crippen LogP contribution in [0.15, 0.2) is 24.3 Å². The smallest absolute Gasteiger partial charge is 0.207 e. The summed E-state index contributed by atoms with van der Waals surface area (Å²) < 4.78 is 15.5. The lowest BCUT2D eigenvalue weighted by atomic mass is 10.1. The Labute approximate surface area is 157 Å². The normalized spacial score (nSPS) is 9.50. The molecule has 0 atom stereocenters. The highest BCUT2D eigenvalue weighted by atomic mass is 16.5. The molecule has 6 nitrogen and oxygen atoms in total. The van der Waals surface area contributed by atoms with Gasteiger partial charge in [-0.25, -0.2) is 0 Å². The molecule has 1 rings (SSSR count). The first-order valence-electron chi connectivity index (χ1n) is 8.90. The van der Waals surface area contributed by atoms with Crippen molar-refractivity contribution in [3.05, 3.63) is 35.4 Å². The number of hydrogen-bond acceptors (Lipinski definition) is 5. The van der Waals surface area contributed by atoms with Crippen LogP contribution in [-0.4, -0.2) is 59.1 Å². The van der Waals surface area contributed by atoms with Gasteiger partial charge in [0.05, 0.1) is 39.6 Å². The molecule has 0 unspecified atom stereocenters. The highest BCUT2D eigenvalue weighted by Gasteiger charge is 1.90. The summed E-state index contributed by atoms with van der Waals surface area (Å²) in [6.45, 7) is 8.45. The highest BCUT2D eigenvalue weighted by molar-refractivity contribution is 5.45. The molecular weight excluding hydrogens is 332 g/mol. The molecule has 1 aromatic carbocycles. The topological polar surface area (TPSA) is 82.8 Å². The first-order valence-corrected chi connectivity index (χ1v) is 8.90. The molecule has 0 aliphatic carbocycles. The van der Waals surface area contributed by atoms with Crippen LogP contribution in [0.25, 0.3) is 0 Å². The van der Waals surface area contributed by atoms with E-state index in [0.29, 0.717) is 59.1 Å². The van der Waals surface area contributed by atoms with Crippen molar-refractivity contribution in [2.24, 2.45) is 5.73 Å². The van der Waals surface area contributed by atoms with Crippen LogP contribution in [0.2, 0.25) is 0 Å². The predicted octanol–water partition coefficient (Wildman–Crippen LogP) is 1.50. The van der Waals surface area contributed by atoms with Crippen LogP contribution in [0.4, 0.5) is 0 Å². The largest absolute Gasteiger partial charge is 0.378 e. The zero-order valence-electron chi connectivity index (χ0n) is 16.0. The van der Waals surface area contributed by atoms with E-state index >= 15 is 0 Å². The molecule has 6 heteroatoms. The molecule has 0 fully saturated rings. The SMILES string of the molecule is CCC#Cc1ccc(C)cc1.NCCOCCOCCOCCNC=O. The summed E-state index contributed by atoms with van der Waals surface area (Å²) >= 11 is 0. The summed E-state index contributed by atoms with van der Waals surface area (Å²) in [6.07, 6.45) is 1.57.